The second kappa shape index (κ2) is 8.26. The fourth-order valence-corrected chi connectivity index (χ4v) is 5.25. The molecule has 2 aromatic carbocycles. The molecule has 7 heteroatoms. The van der Waals surface area contributed by atoms with Gasteiger partial charge in [-0.1, -0.05) is 0 Å². The summed E-state index contributed by atoms with van der Waals surface area (Å²) in [5.41, 5.74) is 6.21. The van der Waals surface area contributed by atoms with E-state index < -0.39 is 0 Å². The van der Waals surface area contributed by atoms with Crippen molar-refractivity contribution in [2.24, 2.45) is 7.05 Å². The number of quaternary nitrogens is 1. The van der Waals surface area contributed by atoms with Crippen molar-refractivity contribution in [1.82, 2.24) is 4.57 Å². The minimum Gasteiger partial charge on any atom is -1.00 e. The first-order valence-corrected chi connectivity index (χ1v) is 10.8. The topological polar surface area (TPSA) is 49.7 Å². The third-order valence-corrected chi connectivity index (χ3v) is 7.04. The molecule has 3 aromatic rings. The molecule has 32 heavy (non-hydrogen) atoms. The van der Waals surface area contributed by atoms with Crippen molar-refractivity contribution >= 4 is 16.9 Å². The molecule has 170 valence electrons. The predicted molar refractivity (Wildman–Crippen MR) is 118 cm³/mol. The van der Waals surface area contributed by atoms with E-state index in [-0.39, 0.29) is 36.2 Å². The number of ether oxygens (including phenoxy) is 3. The second-order valence-corrected chi connectivity index (χ2v) is 8.82. The van der Waals surface area contributed by atoms with Crippen LogP contribution in [0.25, 0.3) is 10.9 Å². The molecule has 0 aliphatic carbocycles. The number of esters is 1. The monoisotopic (exact) mass is 548 g/mol. The number of halogens is 1. The van der Waals surface area contributed by atoms with Crippen LogP contribution in [0.1, 0.15) is 45.9 Å². The Bertz CT molecular complexity index is 1220. The first kappa shape index (κ1) is 22.9. The van der Waals surface area contributed by atoms with Gasteiger partial charge in [-0.15, -0.1) is 0 Å². The first-order valence-electron chi connectivity index (χ1n) is 10.8. The summed E-state index contributed by atoms with van der Waals surface area (Å²) in [6.07, 6.45) is 0.891. The number of carbonyl (C=O) groups excluding carboxylic acids is 1. The Labute approximate surface area is 205 Å². The second-order valence-electron chi connectivity index (χ2n) is 8.82. The molecule has 0 radical (unpaired) electrons. The SMILES string of the molecule is CCOC(=O)c1c(C)n(C)c2ccc3c(c12)C[N+]1(C)CCc2cc(OC)ccc2C1O3.[I-]. The van der Waals surface area contributed by atoms with Crippen LogP contribution in [-0.4, -0.2) is 42.3 Å². The zero-order valence-electron chi connectivity index (χ0n) is 19.2. The summed E-state index contributed by atoms with van der Waals surface area (Å²) in [7, 11) is 5.95. The molecule has 0 saturated carbocycles. The standard InChI is InChI=1S/C25H29N2O4.HI/c1-6-30-25(28)22-15(2)26(3)20-9-10-21-19(23(20)22)14-27(4)12-11-16-13-17(29-5)7-8-18(16)24(27)31-21;/h7-10,13,24H,6,11-12,14H2,1-5H3;1H/q+1;/p-1. The number of methoxy groups -OCH3 is 1. The van der Waals surface area contributed by atoms with Crippen LogP contribution in [-0.2, 0) is 24.8 Å². The highest BCUT2D eigenvalue weighted by Crippen LogP contribution is 2.47. The molecule has 0 saturated heterocycles. The summed E-state index contributed by atoms with van der Waals surface area (Å²) in [4.78, 5) is 12.9. The van der Waals surface area contributed by atoms with Crippen LogP contribution in [0.15, 0.2) is 30.3 Å². The number of aryl methyl sites for hydroxylation is 1. The Hall–Kier alpha value is -2.26. The molecular weight excluding hydrogens is 519 g/mol. The molecule has 3 heterocycles. The van der Waals surface area contributed by atoms with Crippen LogP contribution in [0.4, 0.5) is 0 Å². The molecule has 0 amide bonds. The fourth-order valence-electron chi connectivity index (χ4n) is 5.25. The van der Waals surface area contributed by atoms with E-state index in [4.69, 9.17) is 14.2 Å². The fraction of sp³-hybridized carbons (Fsp3) is 0.400. The minimum absolute atomic E-state index is 0. The Balaban J connectivity index is 0.00000245. The third kappa shape index (κ3) is 3.28. The van der Waals surface area contributed by atoms with Crippen molar-refractivity contribution in [3.8, 4) is 11.5 Å². The highest BCUT2D eigenvalue weighted by molar-refractivity contribution is 6.08. The molecule has 0 fully saturated rings. The van der Waals surface area contributed by atoms with Crippen molar-refractivity contribution in [3.63, 3.8) is 0 Å². The highest BCUT2D eigenvalue weighted by atomic mass is 127. The average Bonchev–Trinajstić information content (AvgIpc) is 3.02. The van der Waals surface area contributed by atoms with Gasteiger partial charge in [0.15, 0.2) is 0 Å². The molecular formula is C25H29IN2O4. The van der Waals surface area contributed by atoms with Gasteiger partial charge in [0, 0.05) is 30.1 Å². The maximum atomic E-state index is 12.9. The largest absolute Gasteiger partial charge is 1.00 e. The molecule has 1 aromatic heterocycles. The number of benzene rings is 2. The number of fused-ring (bicyclic) bond motifs is 6. The van der Waals surface area contributed by atoms with Crippen LogP contribution in [0, 0.1) is 6.92 Å². The molecule has 6 nitrogen and oxygen atoms in total. The van der Waals surface area contributed by atoms with Gasteiger partial charge in [0.1, 0.15) is 18.0 Å². The van der Waals surface area contributed by atoms with Gasteiger partial charge in [0.25, 0.3) is 6.23 Å². The Morgan fingerprint density at radius 2 is 2.06 bits per heavy atom. The maximum absolute atomic E-state index is 12.9. The average molecular weight is 548 g/mol. The van der Waals surface area contributed by atoms with Crippen molar-refractivity contribution in [2.75, 3.05) is 27.3 Å². The number of nitrogens with zero attached hydrogens (tertiary/aromatic N) is 2. The maximum Gasteiger partial charge on any atom is 0.340 e. The lowest BCUT2D eigenvalue weighted by Crippen LogP contribution is -3.00. The van der Waals surface area contributed by atoms with Crippen LogP contribution in [0.5, 0.6) is 11.5 Å². The normalized spacial score (nSPS) is 21.0. The lowest BCUT2D eigenvalue weighted by molar-refractivity contribution is -0.974. The quantitative estimate of drug-likeness (QED) is 0.281. The zero-order chi connectivity index (χ0) is 21.9. The molecule has 2 aliphatic rings. The van der Waals surface area contributed by atoms with Crippen LogP contribution >= 0.6 is 0 Å². The van der Waals surface area contributed by atoms with Gasteiger partial charge >= 0.3 is 5.97 Å². The molecule has 2 unspecified atom stereocenters. The van der Waals surface area contributed by atoms with Gasteiger partial charge in [-0.2, -0.15) is 0 Å². The summed E-state index contributed by atoms with van der Waals surface area (Å²) in [6.45, 7) is 5.94. The van der Waals surface area contributed by atoms with Gasteiger partial charge in [0.2, 0.25) is 0 Å². The number of carbonyl (C=O) groups is 1. The van der Waals surface area contributed by atoms with Gasteiger partial charge < -0.3 is 42.8 Å². The summed E-state index contributed by atoms with van der Waals surface area (Å²) in [6, 6.07) is 10.4. The highest BCUT2D eigenvalue weighted by Gasteiger charge is 2.46. The molecule has 0 spiro atoms. The Kier molecular flexibility index (Phi) is 5.92. The smallest absolute Gasteiger partial charge is 0.340 e. The predicted octanol–water partition coefficient (Wildman–Crippen LogP) is 1.27. The summed E-state index contributed by atoms with van der Waals surface area (Å²) in [5.74, 6) is 1.47. The molecule has 2 atom stereocenters. The molecule has 0 N–H and O–H groups in total. The van der Waals surface area contributed by atoms with E-state index in [1.54, 1.807) is 7.11 Å². The molecule has 2 aliphatic heterocycles. The lowest BCUT2D eigenvalue weighted by atomic mass is 9.92. The van der Waals surface area contributed by atoms with Crippen LogP contribution in [0.2, 0.25) is 0 Å². The van der Waals surface area contributed by atoms with Gasteiger partial charge in [-0.05, 0) is 49.7 Å². The van der Waals surface area contributed by atoms with E-state index in [1.165, 1.54) is 11.1 Å². The minimum atomic E-state index is -0.264. The van der Waals surface area contributed by atoms with E-state index in [1.807, 2.05) is 33.0 Å². The van der Waals surface area contributed by atoms with Crippen molar-refractivity contribution in [3.05, 3.63) is 58.3 Å². The van der Waals surface area contributed by atoms with E-state index in [9.17, 15) is 4.79 Å². The van der Waals surface area contributed by atoms with Crippen LogP contribution < -0.4 is 33.5 Å². The summed E-state index contributed by atoms with van der Waals surface area (Å²) < 4.78 is 20.3. The molecule has 0 bridgehead atoms. The third-order valence-electron chi connectivity index (χ3n) is 7.04. The Morgan fingerprint density at radius 3 is 2.78 bits per heavy atom. The molecule has 5 rings (SSSR count). The number of likely N-dealkylation sites (N-methyl/N-ethyl adjacent to an activating group) is 1. The number of rotatable bonds is 3. The summed E-state index contributed by atoms with van der Waals surface area (Å²) >= 11 is 0. The number of hydrogen-bond acceptors (Lipinski definition) is 4. The van der Waals surface area contributed by atoms with Crippen molar-refractivity contribution in [2.45, 2.75) is 33.0 Å². The number of hydrogen-bond donors (Lipinski definition) is 0. The van der Waals surface area contributed by atoms with E-state index >= 15 is 0 Å². The van der Waals surface area contributed by atoms with Crippen molar-refractivity contribution < 1.29 is 47.5 Å². The first-order chi connectivity index (χ1) is 14.9. The van der Waals surface area contributed by atoms with E-state index in [0.717, 1.165) is 57.7 Å². The number of aromatic nitrogens is 1. The van der Waals surface area contributed by atoms with E-state index in [0.29, 0.717) is 12.2 Å². The van der Waals surface area contributed by atoms with Gasteiger partial charge in [-0.3, -0.25) is 4.48 Å². The van der Waals surface area contributed by atoms with Gasteiger partial charge in [-0.25, -0.2) is 4.79 Å². The van der Waals surface area contributed by atoms with Gasteiger partial charge in [0.05, 0.1) is 44.0 Å². The van der Waals surface area contributed by atoms with Crippen LogP contribution in [0.3, 0.4) is 0 Å². The Morgan fingerprint density at radius 1 is 1.28 bits per heavy atom. The van der Waals surface area contributed by atoms with Crippen molar-refractivity contribution in [1.29, 1.82) is 0 Å². The zero-order valence-corrected chi connectivity index (χ0v) is 21.4. The van der Waals surface area contributed by atoms with E-state index in [2.05, 4.69) is 29.8 Å². The summed E-state index contributed by atoms with van der Waals surface area (Å²) in [5, 5.41) is 0.967. The lowest BCUT2D eigenvalue weighted by Gasteiger charge is -2.47.